The third-order valence-electron chi connectivity index (χ3n) is 3.01. The number of fused-ring (bicyclic) bond motifs is 1. The Bertz CT molecular complexity index is 533. The number of benzene rings is 1. The zero-order valence-corrected chi connectivity index (χ0v) is 10.2. The van der Waals surface area contributed by atoms with Crippen molar-refractivity contribution in [3.63, 3.8) is 0 Å². The molecule has 17 heavy (non-hydrogen) atoms. The molecule has 0 fully saturated rings. The molecule has 0 bridgehead atoms. The number of hydrogen-bond acceptors (Lipinski definition) is 3. The van der Waals surface area contributed by atoms with Gasteiger partial charge >= 0.3 is 0 Å². The van der Waals surface area contributed by atoms with Gasteiger partial charge in [-0.25, -0.2) is 0 Å². The third-order valence-corrected chi connectivity index (χ3v) is 3.01. The van der Waals surface area contributed by atoms with Crippen LogP contribution in [0.4, 0.5) is 5.69 Å². The molecular weight excluding hydrogens is 212 g/mol. The average molecular weight is 228 g/mol. The predicted octanol–water partition coefficient (Wildman–Crippen LogP) is 2.89. The number of carbonyl (C=O) groups excluding carboxylic acids is 1. The number of aromatic nitrogens is 1. The maximum Gasteiger partial charge on any atom is 0.152 e. The van der Waals surface area contributed by atoms with Gasteiger partial charge in [0, 0.05) is 35.9 Å². The molecule has 3 nitrogen and oxygen atoms in total. The highest BCUT2D eigenvalue weighted by Crippen LogP contribution is 2.26. The third kappa shape index (κ3) is 2.00. The Morgan fingerprint density at radius 3 is 2.65 bits per heavy atom. The fourth-order valence-corrected chi connectivity index (χ4v) is 2.12. The molecule has 3 heteroatoms. The number of pyridine rings is 1. The molecule has 0 radical (unpaired) electrons. The number of carbonyl (C=O) groups is 1. The van der Waals surface area contributed by atoms with Crippen LogP contribution >= 0.6 is 0 Å². The van der Waals surface area contributed by atoms with Crippen LogP contribution < -0.4 is 4.90 Å². The molecule has 0 N–H and O–H groups in total. The van der Waals surface area contributed by atoms with Crippen molar-refractivity contribution in [1.29, 1.82) is 0 Å². The quantitative estimate of drug-likeness (QED) is 0.754. The van der Waals surface area contributed by atoms with E-state index in [1.54, 1.807) is 12.3 Å². The second kappa shape index (κ2) is 4.95. The van der Waals surface area contributed by atoms with E-state index in [0.717, 1.165) is 36.0 Å². The van der Waals surface area contributed by atoms with Gasteiger partial charge in [0.1, 0.15) is 0 Å². The van der Waals surface area contributed by atoms with Crippen molar-refractivity contribution in [2.75, 3.05) is 18.0 Å². The Labute approximate surface area is 101 Å². The van der Waals surface area contributed by atoms with E-state index in [-0.39, 0.29) is 0 Å². The molecule has 2 rings (SSSR count). The highest BCUT2D eigenvalue weighted by Gasteiger charge is 2.09. The molecule has 1 heterocycles. The van der Waals surface area contributed by atoms with Crippen molar-refractivity contribution < 1.29 is 4.79 Å². The van der Waals surface area contributed by atoms with Crippen LogP contribution in [0, 0.1) is 0 Å². The highest BCUT2D eigenvalue weighted by atomic mass is 16.1. The summed E-state index contributed by atoms with van der Waals surface area (Å²) in [5, 5.41) is 1.04. The lowest BCUT2D eigenvalue weighted by Crippen LogP contribution is -2.22. The molecule has 0 saturated heterocycles. The van der Waals surface area contributed by atoms with Gasteiger partial charge in [0.2, 0.25) is 0 Å². The van der Waals surface area contributed by atoms with Crippen molar-refractivity contribution in [1.82, 2.24) is 4.98 Å². The molecule has 0 unspecified atom stereocenters. The summed E-state index contributed by atoms with van der Waals surface area (Å²) in [6, 6.07) is 7.72. The van der Waals surface area contributed by atoms with E-state index < -0.39 is 0 Å². The molecule has 0 spiro atoms. The van der Waals surface area contributed by atoms with E-state index in [9.17, 15) is 4.79 Å². The summed E-state index contributed by atoms with van der Waals surface area (Å²) in [4.78, 5) is 17.6. The first-order chi connectivity index (χ1) is 8.31. The van der Waals surface area contributed by atoms with Crippen LogP contribution in [0.1, 0.15) is 24.2 Å². The molecule has 0 amide bonds. The molecular formula is C14H16N2O. The van der Waals surface area contributed by atoms with Gasteiger partial charge in [-0.1, -0.05) is 12.1 Å². The second-order valence-corrected chi connectivity index (χ2v) is 3.86. The second-order valence-electron chi connectivity index (χ2n) is 3.86. The van der Waals surface area contributed by atoms with Gasteiger partial charge in [-0.2, -0.15) is 0 Å². The van der Waals surface area contributed by atoms with Gasteiger partial charge in [-0.15, -0.1) is 0 Å². The minimum Gasteiger partial charge on any atom is -0.371 e. The molecule has 0 aliphatic carbocycles. The summed E-state index contributed by atoms with van der Waals surface area (Å²) >= 11 is 0. The SMILES string of the molecule is CCN(CC)c1ccnc2c(C=O)cccc12. The normalized spacial score (nSPS) is 10.5. The van der Waals surface area contributed by atoms with E-state index in [0.29, 0.717) is 5.56 Å². The fourth-order valence-electron chi connectivity index (χ4n) is 2.12. The fraction of sp³-hybridized carbons (Fsp3) is 0.286. The topological polar surface area (TPSA) is 33.2 Å². The standard InChI is InChI=1S/C14H16N2O/c1-3-16(4-2)13-8-9-15-14-11(10-17)6-5-7-12(13)14/h5-10H,3-4H2,1-2H3. The average Bonchev–Trinajstić information content (AvgIpc) is 2.39. The lowest BCUT2D eigenvalue weighted by molar-refractivity contribution is 0.112. The smallest absolute Gasteiger partial charge is 0.152 e. The lowest BCUT2D eigenvalue weighted by atomic mass is 10.1. The molecule has 1 aromatic heterocycles. The van der Waals surface area contributed by atoms with Crippen molar-refractivity contribution in [2.24, 2.45) is 0 Å². The van der Waals surface area contributed by atoms with Gasteiger partial charge < -0.3 is 4.90 Å². The first-order valence-electron chi connectivity index (χ1n) is 5.89. The predicted molar refractivity (Wildman–Crippen MR) is 70.7 cm³/mol. The number of rotatable bonds is 4. The van der Waals surface area contributed by atoms with Gasteiger partial charge in [0.05, 0.1) is 5.52 Å². The Morgan fingerprint density at radius 2 is 2.00 bits per heavy atom. The summed E-state index contributed by atoms with van der Waals surface area (Å²) in [7, 11) is 0. The number of nitrogens with zero attached hydrogens (tertiary/aromatic N) is 2. The van der Waals surface area contributed by atoms with Crippen LogP contribution in [0.2, 0.25) is 0 Å². The molecule has 0 saturated carbocycles. The Kier molecular flexibility index (Phi) is 3.38. The zero-order valence-electron chi connectivity index (χ0n) is 10.2. The number of anilines is 1. The lowest BCUT2D eigenvalue weighted by Gasteiger charge is -2.22. The summed E-state index contributed by atoms with van der Waals surface area (Å²) in [6.07, 6.45) is 2.63. The monoisotopic (exact) mass is 228 g/mol. The maximum absolute atomic E-state index is 11.0. The zero-order chi connectivity index (χ0) is 12.3. The summed E-state index contributed by atoms with van der Waals surface area (Å²) < 4.78 is 0. The van der Waals surface area contributed by atoms with Crippen LogP contribution in [0.5, 0.6) is 0 Å². The maximum atomic E-state index is 11.0. The van der Waals surface area contributed by atoms with Crippen molar-refractivity contribution in [3.05, 3.63) is 36.0 Å². The molecule has 1 aromatic carbocycles. The van der Waals surface area contributed by atoms with Crippen molar-refractivity contribution >= 4 is 22.9 Å². The van der Waals surface area contributed by atoms with Crippen LogP contribution in [-0.4, -0.2) is 24.4 Å². The van der Waals surface area contributed by atoms with Gasteiger partial charge in [0.25, 0.3) is 0 Å². The number of hydrogen-bond donors (Lipinski definition) is 0. The number of aldehydes is 1. The molecule has 88 valence electrons. The Hall–Kier alpha value is -1.90. The van der Waals surface area contributed by atoms with E-state index in [4.69, 9.17) is 0 Å². The summed E-state index contributed by atoms with van der Waals surface area (Å²) in [5.41, 5.74) is 2.58. The minimum atomic E-state index is 0.650. The Balaban J connectivity index is 2.69. The molecule has 0 aliphatic heterocycles. The van der Waals surface area contributed by atoms with Crippen molar-refractivity contribution in [2.45, 2.75) is 13.8 Å². The van der Waals surface area contributed by atoms with Crippen molar-refractivity contribution in [3.8, 4) is 0 Å². The van der Waals surface area contributed by atoms with E-state index in [1.807, 2.05) is 18.2 Å². The minimum absolute atomic E-state index is 0.650. The summed E-state index contributed by atoms with van der Waals surface area (Å²) in [5.74, 6) is 0. The van der Waals surface area contributed by atoms with Crippen LogP contribution in [0.3, 0.4) is 0 Å². The van der Waals surface area contributed by atoms with Crippen LogP contribution in [-0.2, 0) is 0 Å². The highest BCUT2D eigenvalue weighted by molar-refractivity contribution is 6.01. The molecule has 2 aromatic rings. The molecule has 0 aliphatic rings. The van der Waals surface area contributed by atoms with Gasteiger partial charge in [-0.3, -0.25) is 9.78 Å². The first kappa shape index (κ1) is 11.6. The number of para-hydroxylation sites is 1. The van der Waals surface area contributed by atoms with Crippen LogP contribution in [0.25, 0.3) is 10.9 Å². The first-order valence-corrected chi connectivity index (χ1v) is 5.89. The Morgan fingerprint density at radius 1 is 1.24 bits per heavy atom. The van der Waals surface area contributed by atoms with Gasteiger partial charge in [-0.05, 0) is 26.0 Å². The van der Waals surface area contributed by atoms with E-state index >= 15 is 0 Å². The van der Waals surface area contributed by atoms with E-state index in [2.05, 4.69) is 23.7 Å². The largest absolute Gasteiger partial charge is 0.371 e. The summed E-state index contributed by atoms with van der Waals surface area (Å²) in [6.45, 7) is 6.14. The van der Waals surface area contributed by atoms with Crippen LogP contribution in [0.15, 0.2) is 30.5 Å². The van der Waals surface area contributed by atoms with E-state index in [1.165, 1.54) is 0 Å². The molecule has 0 atom stereocenters. The van der Waals surface area contributed by atoms with Gasteiger partial charge in [0.15, 0.2) is 6.29 Å².